The summed E-state index contributed by atoms with van der Waals surface area (Å²) < 4.78 is 36.2. The summed E-state index contributed by atoms with van der Waals surface area (Å²) in [5.74, 6) is -0.289. The zero-order valence-corrected chi connectivity index (χ0v) is 5.99. The molecule has 0 radical (unpaired) electrons. The van der Waals surface area contributed by atoms with Gasteiger partial charge < -0.3 is 5.73 Å². The van der Waals surface area contributed by atoms with Crippen molar-refractivity contribution in [3.8, 4) is 0 Å². The first-order valence-corrected chi connectivity index (χ1v) is 2.97. The lowest BCUT2D eigenvalue weighted by atomic mass is 10.3. The van der Waals surface area contributed by atoms with Crippen molar-refractivity contribution in [1.29, 1.82) is 0 Å². The van der Waals surface area contributed by atoms with E-state index in [-0.39, 0.29) is 28.1 Å². The molecule has 0 bridgehead atoms. The third kappa shape index (κ3) is 1.42. The van der Waals surface area contributed by atoms with E-state index in [4.69, 9.17) is 12.6 Å². The maximum Gasteiger partial charge on any atom is 0.126 e. The Balaban J connectivity index is 3.53. The maximum absolute atomic E-state index is 7.49. The van der Waals surface area contributed by atoms with Gasteiger partial charge in [0.1, 0.15) is 5.82 Å². The highest BCUT2D eigenvalue weighted by atomic mass is 79.9. The number of rotatable bonds is 0. The average molecular weight is 192 g/mol. The summed E-state index contributed by atoms with van der Waals surface area (Å²) in [6, 6.07) is -0.303. The molecule has 0 spiro atoms. The highest BCUT2D eigenvalue weighted by molar-refractivity contribution is 9.10. The van der Waals surface area contributed by atoms with Crippen LogP contribution in [0.4, 0.5) is 5.82 Å². The van der Waals surface area contributed by atoms with Gasteiger partial charge in [0.15, 0.2) is 0 Å². The van der Waals surface area contributed by atoms with E-state index in [1.807, 2.05) is 0 Å². The summed E-state index contributed by atoms with van der Waals surface area (Å²) in [5.41, 5.74) is 5.03. The Morgan fingerprint density at radius 1 is 2.00 bits per heavy atom. The molecule has 0 aromatic carbocycles. The Hall–Kier alpha value is -0.570. The van der Waals surface area contributed by atoms with Crippen molar-refractivity contribution in [2.75, 3.05) is 5.73 Å². The molecular formula is C6H7BrN2. The molecular weight excluding hydrogens is 180 g/mol. The number of nitrogens with two attached hydrogens (primary N) is 1. The van der Waals surface area contributed by atoms with Gasteiger partial charge in [0.05, 0.1) is 2.74 Å². The van der Waals surface area contributed by atoms with Crippen molar-refractivity contribution < 1.29 is 6.85 Å². The normalized spacial score (nSPS) is 19.0. The van der Waals surface area contributed by atoms with E-state index < -0.39 is 6.85 Å². The molecule has 1 rings (SSSR count). The molecule has 2 N–H and O–H groups in total. The van der Waals surface area contributed by atoms with Crippen LogP contribution >= 0.6 is 15.9 Å². The molecule has 0 atom stereocenters. The predicted molar refractivity (Wildman–Crippen MR) is 41.1 cm³/mol. The highest BCUT2D eigenvalue weighted by Gasteiger charge is 1.92. The van der Waals surface area contributed by atoms with Crippen LogP contribution in [-0.2, 0) is 0 Å². The molecule has 3 heteroatoms. The molecule has 1 aromatic rings. The molecule has 0 fully saturated rings. The van der Waals surface area contributed by atoms with Crippen LogP contribution in [0.1, 0.15) is 12.4 Å². The molecule has 0 aliphatic carbocycles. The van der Waals surface area contributed by atoms with E-state index in [1.54, 1.807) is 0 Å². The van der Waals surface area contributed by atoms with Gasteiger partial charge in [0.25, 0.3) is 0 Å². The van der Waals surface area contributed by atoms with Crippen LogP contribution in [0.3, 0.4) is 0 Å². The number of pyridine rings is 1. The van der Waals surface area contributed by atoms with E-state index in [9.17, 15) is 0 Å². The van der Waals surface area contributed by atoms with Crippen molar-refractivity contribution in [2.24, 2.45) is 0 Å². The molecule has 9 heavy (non-hydrogen) atoms. The molecule has 1 aromatic heterocycles. The van der Waals surface area contributed by atoms with Crippen molar-refractivity contribution >= 4 is 21.7 Å². The summed E-state index contributed by atoms with van der Waals surface area (Å²) >= 11 is 2.91. The van der Waals surface area contributed by atoms with Gasteiger partial charge >= 0.3 is 0 Å². The Bertz CT molecular complexity index is 375. The standard InChI is InChI=1S/C6H7BrN2/c1-4-2-5(7)3-9-6(4)8/h2-3H,1H3,(H2,8,9)/i1D3,2D,3D. The molecule has 2 nitrogen and oxygen atoms in total. The van der Waals surface area contributed by atoms with Crippen LogP contribution in [0.25, 0.3) is 0 Å². The second kappa shape index (κ2) is 2.35. The lowest BCUT2D eigenvalue weighted by Crippen LogP contribution is -1.91. The Kier molecular flexibility index (Phi) is 0.674. The topological polar surface area (TPSA) is 38.9 Å². The van der Waals surface area contributed by atoms with Gasteiger partial charge in [-0.3, -0.25) is 0 Å². The molecule has 0 aliphatic heterocycles. The van der Waals surface area contributed by atoms with Crippen LogP contribution in [0.5, 0.6) is 0 Å². The lowest BCUT2D eigenvalue weighted by molar-refractivity contribution is 1.26. The minimum Gasteiger partial charge on any atom is -0.383 e. The summed E-state index contributed by atoms with van der Waals surface area (Å²) in [6.07, 6.45) is -0.236. The molecule has 0 amide bonds. The molecule has 1 heterocycles. The first kappa shape index (κ1) is 2.58. The van der Waals surface area contributed by atoms with Crippen LogP contribution in [0.2, 0.25) is 0 Å². The number of hydrogen-bond donors (Lipinski definition) is 1. The van der Waals surface area contributed by atoms with Gasteiger partial charge in [-0.15, -0.1) is 0 Å². The number of anilines is 1. The fraction of sp³-hybridized carbons (Fsp3) is 0.167. The Labute approximate surface area is 69.2 Å². The van der Waals surface area contributed by atoms with Crippen molar-refractivity contribution in [3.63, 3.8) is 0 Å². The Morgan fingerprint density at radius 3 is 3.44 bits per heavy atom. The number of nitrogens with zero attached hydrogens (tertiary/aromatic N) is 1. The number of aromatic nitrogens is 1. The third-order valence-corrected chi connectivity index (χ3v) is 1.14. The fourth-order valence-electron chi connectivity index (χ4n) is 0.367. The summed E-state index contributed by atoms with van der Waals surface area (Å²) in [7, 11) is 0. The molecule has 0 unspecified atom stereocenters. The Morgan fingerprint density at radius 2 is 2.78 bits per heavy atom. The van der Waals surface area contributed by atoms with Crippen molar-refractivity contribution in [2.45, 2.75) is 6.85 Å². The van der Waals surface area contributed by atoms with E-state index in [1.165, 1.54) is 0 Å². The second-order valence-corrected chi connectivity index (χ2v) is 2.22. The summed E-state index contributed by atoms with van der Waals surface area (Å²) in [6.45, 7) is -2.48. The van der Waals surface area contributed by atoms with Crippen LogP contribution < -0.4 is 5.73 Å². The smallest absolute Gasteiger partial charge is 0.126 e. The maximum atomic E-state index is 7.49. The van der Waals surface area contributed by atoms with E-state index >= 15 is 0 Å². The monoisotopic (exact) mass is 191 g/mol. The zero-order chi connectivity index (χ0) is 11.1. The molecule has 48 valence electrons. The number of nitrogen functional groups attached to an aromatic ring is 1. The predicted octanol–water partition coefficient (Wildman–Crippen LogP) is 1.73. The van der Waals surface area contributed by atoms with Gasteiger partial charge in [-0.2, -0.15) is 0 Å². The van der Waals surface area contributed by atoms with Crippen LogP contribution in [-0.4, -0.2) is 4.98 Å². The second-order valence-electron chi connectivity index (χ2n) is 1.42. The minimum absolute atomic E-state index is 0.0397. The lowest BCUT2D eigenvalue weighted by Gasteiger charge is -1.96. The molecule has 0 saturated heterocycles. The van der Waals surface area contributed by atoms with Gasteiger partial charge in [-0.25, -0.2) is 4.98 Å². The van der Waals surface area contributed by atoms with Crippen molar-refractivity contribution in [3.05, 3.63) is 22.3 Å². The fourth-order valence-corrected chi connectivity index (χ4v) is 0.654. The minimum atomic E-state index is -2.48. The third-order valence-electron chi connectivity index (χ3n) is 0.765. The van der Waals surface area contributed by atoms with Gasteiger partial charge in [0.2, 0.25) is 0 Å². The SMILES string of the molecule is [2H]c1nc(N)c(C([2H])([2H])[2H])c([2H])c1Br. The summed E-state index contributed by atoms with van der Waals surface area (Å²) in [4.78, 5) is 3.52. The van der Waals surface area contributed by atoms with Crippen LogP contribution in [0.15, 0.2) is 16.7 Å². The first-order chi connectivity index (χ1) is 6.25. The number of hydrogen-bond acceptors (Lipinski definition) is 2. The largest absolute Gasteiger partial charge is 0.383 e. The van der Waals surface area contributed by atoms with Crippen molar-refractivity contribution in [1.82, 2.24) is 4.98 Å². The van der Waals surface area contributed by atoms with Gasteiger partial charge in [-0.1, -0.05) is 0 Å². The van der Waals surface area contributed by atoms with Gasteiger partial charge in [-0.05, 0) is 34.4 Å². The van der Waals surface area contributed by atoms with Gasteiger partial charge in [0, 0.05) is 14.8 Å². The summed E-state index contributed by atoms with van der Waals surface area (Å²) in [5, 5.41) is 0. The highest BCUT2D eigenvalue weighted by Crippen LogP contribution is 2.13. The average Bonchev–Trinajstić information content (AvgIpc) is 1.97. The quantitative estimate of drug-likeness (QED) is 0.679. The zero-order valence-electron chi connectivity index (χ0n) is 9.40. The van der Waals surface area contributed by atoms with E-state index in [0.717, 1.165) is 0 Å². The number of halogens is 1. The molecule has 0 saturated carbocycles. The first-order valence-electron chi connectivity index (χ1n) is 4.67. The van der Waals surface area contributed by atoms with E-state index in [0.29, 0.717) is 0 Å². The van der Waals surface area contributed by atoms with Crippen LogP contribution in [0, 0.1) is 6.85 Å². The van der Waals surface area contributed by atoms with E-state index in [2.05, 4.69) is 20.9 Å². The molecule has 0 aliphatic rings.